The van der Waals surface area contributed by atoms with Gasteiger partial charge in [0.2, 0.25) is 0 Å². The number of aliphatic hydroxyl groups is 9. The summed E-state index contributed by atoms with van der Waals surface area (Å²) in [7, 11) is 0. The molecular formula is C15H28O13. The minimum atomic E-state index is -1.76. The van der Waals surface area contributed by atoms with Crippen LogP contribution in [0.25, 0.3) is 0 Å². The number of hydrogen-bond donors (Lipinski definition) is 9. The van der Waals surface area contributed by atoms with E-state index in [2.05, 4.69) is 0 Å². The van der Waals surface area contributed by atoms with Gasteiger partial charge < -0.3 is 64.9 Å². The molecule has 0 radical (unpaired) electrons. The predicted octanol–water partition coefficient (Wildman–Crippen LogP) is -6.02. The van der Waals surface area contributed by atoms with Crippen LogP contribution in [0.15, 0.2) is 0 Å². The summed E-state index contributed by atoms with van der Waals surface area (Å²) >= 11 is 0. The molecule has 0 bridgehead atoms. The van der Waals surface area contributed by atoms with Crippen LogP contribution in [0.1, 0.15) is 0 Å². The molecule has 166 valence electrons. The number of hydrogen-bond acceptors (Lipinski definition) is 13. The van der Waals surface area contributed by atoms with Crippen LogP contribution in [-0.2, 0) is 18.9 Å². The summed E-state index contributed by atoms with van der Waals surface area (Å²) < 4.78 is 21.0. The van der Waals surface area contributed by atoms with Crippen LogP contribution in [-0.4, -0.2) is 140 Å². The van der Waals surface area contributed by atoms with Gasteiger partial charge in [0, 0.05) is 0 Å². The van der Waals surface area contributed by atoms with E-state index in [0.29, 0.717) is 0 Å². The Bertz CT molecular complexity index is 459. The van der Waals surface area contributed by atoms with Crippen molar-refractivity contribution in [2.45, 2.75) is 67.5 Å². The van der Waals surface area contributed by atoms with Gasteiger partial charge >= 0.3 is 0 Å². The zero-order valence-corrected chi connectivity index (χ0v) is 14.8. The Hall–Kier alpha value is -0.520. The summed E-state index contributed by atoms with van der Waals surface area (Å²) in [5.41, 5.74) is 0. The van der Waals surface area contributed by atoms with Crippen molar-refractivity contribution in [3.63, 3.8) is 0 Å². The molecule has 0 aromatic carbocycles. The Balaban J connectivity index is 2.10. The SMILES string of the molecule is OCC(CO)O[C@@H]1OC(CO)[C@H](O[C@@H]2OC(CO)[C@H](O)[C@H](O)C2O)[C@H](O)C1O. The second-order valence-corrected chi connectivity index (χ2v) is 6.63. The fourth-order valence-electron chi connectivity index (χ4n) is 3.00. The Kier molecular flexibility index (Phi) is 8.90. The van der Waals surface area contributed by atoms with Gasteiger partial charge in [0.25, 0.3) is 0 Å². The van der Waals surface area contributed by atoms with Crippen molar-refractivity contribution in [3.05, 3.63) is 0 Å². The molecule has 0 aromatic rings. The molecule has 9 N–H and O–H groups in total. The quantitative estimate of drug-likeness (QED) is 0.180. The third-order valence-corrected chi connectivity index (χ3v) is 4.69. The molecule has 0 aliphatic carbocycles. The van der Waals surface area contributed by atoms with E-state index in [1.807, 2.05) is 0 Å². The second-order valence-electron chi connectivity index (χ2n) is 6.63. The number of ether oxygens (including phenoxy) is 4. The average Bonchev–Trinajstić information content (AvgIpc) is 2.70. The van der Waals surface area contributed by atoms with Crippen molar-refractivity contribution < 1.29 is 64.9 Å². The highest BCUT2D eigenvalue weighted by Crippen LogP contribution is 2.29. The maximum Gasteiger partial charge on any atom is 0.187 e. The number of rotatable bonds is 8. The van der Waals surface area contributed by atoms with Crippen molar-refractivity contribution in [3.8, 4) is 0 Å². The van der Waals surface area contributed by atoms with Crippen LogP contribution < -0.4 is 0 Å². The summed E-state index contributed by atoms with van der Waals surface area (Å²) in [6, 6.07) is 0. The van der Waals surface area contributed by atoms with Gasteiger partial charge in [-0.05, 0) is 0 Å². The molecular weight excluding hydrogens is 388 g/mol. The second kappa shape index (κ2) is 10.5. The van der Waals surface area contributed by atoms with Crippen LogP contribution in [0, 0.1) is 0 Å². The first-order valence-corrected chi connectivity index (χ1v) is 8.74. The van der Waals surface area contributed by atoms with Gasteiger partial charge in [0.05, 0.1) is 26.4 Å². The molecule has 0 amide bonds. The van der Waals surface area contributed by atoms with E-state index in [4.69, 9.17) is 29.2 Å². The Morgan fingerprint density at radius 2 is 1.18 bits per heavy atom. The van der Waals surface area contributed by atoms with Crippen LogP contribution in [0.4, 0.5) is 0 Å². The Morgan fingerprint density at radius 3 is 1.71 bits per heavy atom. The Morgan fingerprint density at radius 1 is 0.643 bits per heavy atom. The van der Waals surface area contributed by atoms with Gasteiger partial charge in [0.15, 0.2) is 12.6 Å². The first kappa shape index (κ1) is 23.8. The molecule has 13 heteroatoms. The van der Waals surface area contributed by atoms with Crippen LogP contribution in [0.2, 0.25) is 0 Å². The topological polar surface area (TPSA) is 219 Å². The smallest absolute Gasteiger partial charge is 0.187 e. The molecule has 0 aromatic heterocycles. The number of aliphatic hydroxyl groups excluding tert-OH is 9. The van der Waals surface area contributed by atoms with Gasteiger partial charge in [0.1, 0.15) is 54.9 Å². The lowest BCUT2D eigenvalue weighted by Crippen LogP contribution is -2.65. The average molecular weight is 416 g/mol. The summed E-state index contributed by atoms with van der Waals surface area (Å²) in [6.07, 6.45) is -16.8. The first-order chi connectivity index (χ1) is 13.3. The summed E-state index contributed by atoms with van der Waals surface area (Å²) in [5.74, 6) is 0. The lowest BCUT2D eigenvalue weighted by Gasteiger charge is -2.46. The van der Waals surface area contributed by atoms with Gasteiger partial charge in [-0.2, -0.15) is 0 Å². The predicted molar refractivity (Wildman–Crippen MR) is 85.4 cm³/mol. The van der Waals surface area contributed by atoms with Gasteiger partial charge in [-0.15, -0.1) is 0 Å². The molecule has 2 heterocycles. The van der Waals surface area contributed by atoms with E-state index in [9.17, 15) is 35.7 Å². The molecule has 0 saturated carbocycles. The van der Waals surface area contributed by atoms with Gasteiger partial charge in [-0.1, -0.05) is 0 Å². The van der Waals surface area contributed by atoms with Crippen molar-refractivity contribution >= 4 is 0 Å². The van der Waals surface area contributed by atoms with Gasteiger partial charge in [-0.3, -0.25) is 0 Å². The lowest BCUT2D eigenvalue weighted by atomic mass is 9.97. The summed E-state index contributed by atoms with van der Waals surface area (Å²) in [6.45, 7) is -2.59. The highest BCUT2D eigenvalue weighted by atomic mass is 16.7. The Labute approximate surface area is 159 Å². The normalized spacial score (nSPS) is 44.8. The van der Waals surface area contributed by atoms with E-state index < -0.39 is 93.9 Å². The van der Waals surface area contributed by atoms with E-state index >= 15 is 0 Å². The monoisotopic (exact) mass is 416 g/mol. The van der Waals surface area contributed by atoms with Crippen molar-refractivity contribution in [2.24, 2.45) is 0 Å². The molecule has 0 spiro atoms. The minimum absolute atomic E-state index is 0.590. The first-order valence-electron chi connectivity index (χ1n) is 8.74. The molecule has 2 rings (SSSR count). The van der Waals surface area contributed by atoms with Crippen molar-refractivity contribution in [1.82, 2.24) is 0 Å². The van der Waals surface area contributed by atoms with Crippen LogP contribution in [0.3, 0.4) is 0 Å². The molecule has 10 atom stereocenters. The van der Waals surface area contributed by atoms with E-state index in [1.165, 1.54) is 0 Å². The van der Waals surface area contributed by atoms with Crippen LogP contribution >= 0.6 is 0 Å². The van der Waals surface area contributed by atoms with Crippen molar-refractivity contribution in [2.75, 3.05) is 26.4 Å². The molecule has 2 saturated heterocycles. The fourth-order valence-corrected chi connectivity index (χ4v) is 3.00. The minimum Gasteiger partial charge on any atom is -0.394 e. The zero-order valence-electron chi connectivity index (χ0n) is 14.8. The summed E-state index contributed by atoms with van der Waals surface area (Å²) in [5, 5.41) is 87.0. The largest absolute Gasteiger partial charge is 0.394 e. The van der Waals surface area contributed by atoms with Crippen LogP contribution in [0.5, 0.6) is 0 Å². The zero-order chi connectivity index (χ0) is 21.0. The van der Waals surface area contributed by atoms with Crippen molar-refractivity contribution in [1.29, 1.82) is 0 Å². The molecule has 2 aliphatic rings. The lowest BCUT2D eigenvalue weighted by molar-refractivity contribution is -0.363. The highest BCUT2D eigenvalue weighted by Gasteiger charge is 2.50. The molecule has 4 unspecified atom stereocenters. The van der Waals surface area contributed by atoms with Gasteiger partial charge in [-0.25, -0.2) is 0 Å². The molecule has 28 heavy (non-hydrogen) atoms. The van der Waals surface area contributed by atoms with E-state index in [-0.39, 0.29) is 0 Å². The fraction of sp³-hybridized carbons (Fsp3) is 1.00. The third kappa shape index (κ3) is 4.96. The highest BCUT2D eigenvalue weighted by molar-refractivity contribution is 4.94. The maximum atomic E-state index is 10.4. The molecule has 13 nitrogen and oxygen atoms in total. The van der Waals surface area contributed by atoms with E-state index in [0.717, 1.165) is 0 Å². The standard InChI is InChI=1S/C15H28O13/c16-1-5(2-17)25-14-12(24)10(22)13(7(4-19)27-14)28-15-11(23)9(21)8(20)6(3-18)26-15/h5-24H,1-4H2/t6?,7?,8-,9-,10+,11?,12?,13-,14+,15-/m0/s1. The molecule has 2 aliphatic heterocycles. The maximum absolute atomic E-state index is 10.4. The van der Waals surface area contributed by atoms with E-state index in [1.54, 1.807) is 0 Å². The summed E-state index contributed by atoms with van der Waals surface area (Å²) in [4.78, 5) is 0. The molecule has 2 fully saturated rings. The third-order valence-electron chi connectivity index (χ3n) is 4.69.